The monoisotopic (exact) mass is 305 g/mol. The average molecular weight is 305 g/mol. The molecule has 6 heteroatoms. The third-order valence-electron chi connectivity index (χ3n) is 3.42. The maximum atomic E-state index is 11.5. The molecule has 21 heavy (non-hydrogen) atoms. The Labute approximate surface area is 125 Å². The van der Waals surface area contributed by atoms with Gasteiger partial charge in [-0.15, -0.1) is 0 Å². The molecule has 0 aliphatic heterocycles. The summed E-state index contributed by atoms with van der Waals surface area (Å²) in [7, 11) is -1.92. The molecule has 4 N–H and O–H groups in total. The molecule has 0 aromatic heterocycles. The zero-order valence-corrected chi connectivity index (χ0v) is 12.9. The molecule has 0 unspecified atom stereocenters. The molecule has 2 aromatic rings. The number of rotatable bonds is 4. The van der Waals surface area contributed by atoms with Crippen LogP contribution in [0.25, 0.3) is 0 Å². The van der Waals surface area contributed by atoms with Gasteiger partial charge in [-0.3, -0.25) is 0 Å². The number of sulfonamides is 1. The Morgan fingerprint density at radius 3 is 2.24 bits per heavy atom. The largest absolute Gasteiger partial charge is 0.397 e. The third-order valence-corrected chi connectivity index (χ3v) is 4.33. The Morgan fingerprint density at radius 1 is 1.10 bits per heavy atom. The highest BCUT2D eigenvalue weighted by Gasteiger charge is 2.13. The van der Waals surface area contributed by atoms with E-state index < -0.39 is 10.0 Å². The van der Waals surface area contributed by atoms with Crippen LogP contribution >= 0.6 is 0 Å². The molecule has 0 spiro atoms. The highest BCUT2D eigenvalue weighted by atomic mass is 32.2. The fourth-order valence-corrected chi connectivity index (χ4v) is 2.62. The van der Waals surface area contributed by atoms with Crippen molar-refractivity contribution in [2.45, 2.75) is 18.2 Å². The summed E-state index contributed by atoms with van der Waals surface area (Å²) in [5.41, 5.74) is 9.20. The molecule has 0 aliphatic rings. The molecule has 0 radical (unpaired) electrons. The highest BCUT2D eigenvalue weighted by Crippen LogP contribution is 2.31. The molecular weight excluding hydrogens is 286 g/mol. The fraction of sp³-hybridized carbons (Fsp3) is 0.200. The van der Waals surface area contributed by atoms with Gasteiger partial charge in [-0.1, -0.05) is 19.1 Å². The van der Waals surface area contributed by atoms with Crippen LogP contribution in [0, 0.1) is 0 Å². The minimum atomic E-state index is -3.75. The summed E-state index contributed by atoms with van der Waals surface area (Å²) in [6, 6.07) is 12.5. The number of hydrogen-bond donors (Lipinski definition) is 2. The lowest BCUT2D eigenvalue weighted by Gasteiger charge is -2.22. The number of anilines is 3. The molecule has 0 atom stereocenters. The number of benzene rings is 2. The van der Waals surface area contributed by atoms with E-state index in [4.69, 9.17) is 10.9 Å². The second-order valence-corrected chi connectivity index (χ2v) is 6.41. The average Bonchev–Trinajstić information content (AvgIpc) is 2.46. The van der Waals surface area contributed by atoms with Crippen LogP contribution in [0.4, 0.5) is 17.1 Å². The first kappa shape index (κ1) is 15.3. The van der Waals surface area contributed by atoms with Gasteiger partial charge in [0.05, 0.1) is 16.3 Å². The van der Waals surface area contributed by atoms with E-state index in [1.54, 1.807) is 6.07 Å². The van der Waals surface area contributed by atoms with Crippen LogP contribution in [-0.4, -0.2) is 15.5 Å². The number of nitrogen functional groups attached to an aromatic ring is 1. The Kier molecular flexibility index (Phi) is 4.20. The van der Waals surface area contributed by atoms with Crippen molar-refractivity contribution >= 4 is 27.1 Å². The van der Waals surface area contributed by atoms with Gasteiger partial charge in [-0.05, 0) is 42.3 Å². The predicted molar refractivity (Wildman–Crippen MR) is 86.1 cm³/mol. The van der Waals surface area contributed by atoms with E-state index >= 15 is 0 Å². The van der Waals surface area contributed by atoms with Gasteiger partial charge in [-0.25, -0.2) is 13.6 Å². The molecule has 5 nitrogen and oxygen atoms in total. The van der Waals surface area contributed by atoms with Crippen molar-refractivity contribution in [3.63, 3.8) is 0 Å². The molecule has 0 amide bonds. The Balaban J connectivity index is 2.44. The van der Waals surface area contributed by atoms with E-state index in [0.717, 1.165) is 12.1 Å². The fourth-order valence-electron chi connectivity index (χ4n) is 2.09. The number of hydrogen-bond acceptors (Lipinski definition) is 4. The van der Waals surface area contributed by atoms with Crippen molar-refractivity contribution < 1.29 is 8.42 Å². The zero-order valence-electron chi connectivity index (χ0n) is 12.1. The van der Waals surface area contributed by atoms with Gasteiger partial charge >= 0.3 is 0 Å². The van der Waals surface area contributed by atoms with Gasteiger partial charge in [0, 0.05) is 12.7 Å². The van der Waals surface area contributed by atoms with Crippen LogP contribution in [-0.2, 0) is 16.4 Å². The van der Waals surface area contributed by atoms with Crippen LogP contribution < -0.4 is 15.8 Å². The predicted octanol–water partition coefficient (Wildman–Crippen LogP) is 2.25. The number of aryl methyl sites for hydroxylation is 1. The molecule has 0 saturated heterocycles. The molecular formula is C15H19N3O2S. The van der Waals surface area contributed by atoms with Gasteiger partial charge < -0.3 is 10.6 Å². The molecule has 0 saturated carbocycles. The second-order valence-electron chi connectivity index (χ2n) is 4.84. The highest BCUT2D eigenvalue weighted by molar-refractivity contribution is 7.89. The van der Waals surface area contributed by atoms with Gasteiger partial charge in [0.2, 0.25) is 10.0 Å². The first-order valence-corrected chi connectivity index (χ1v) is 8.12. The molecule has 0 heterocycles. The maximum Gasteiger partial charge on any atom is 0.238 e. The summed E-state index contributed by atoms with van der Waals surface area (Å²) in [5.74, 6) is 0. The van der Waals surface area contributed by atoms with Crippen molar-refractivity contribution in [3.05, 3.63) is 48.0 Å². The smallest absolute Gasteiger partial charge is 0.238 e. The summed E-state index contributed by atoms with van der Waals surface area (Å²) < 4.78 is 22.9. The minimum absolute atomic E-state index is 0.0451. The first-order valence-electron chi connectivity index (χ1n) is 6.58. The summed E-state index contributed by atoms with van der Waals surface area (Å²) >= 11 is 0. The molecule has 0 aliphatic carbocycles. The Morgan fingerprint density at radius 2 is 1.71 bits per heavy atom. The molecule has 2 rings (SSSR count). The lowest BCUT2D eigenvalue weighted by Crippen LogP contribution is -2.15. The van der Waals surface area contributed by atoms with Gasteiger partial charge in [0.1, 0.15) is 0 Å². The van der Waals surface area contributed by atoms with E-state index in [0.29, 0.717) is 11.4 Å². The SMILES string of the molecule is CCc1ccc(N(C)c2cc(S(N)(=O)=O)ccc2N)cc1. The number of nitrogens with zero attached hydrogens (tertiary/aromatic N) is 1. The maximum absolute atomic E-state index is 11.5. The number of nitrogens with two attached hydrogens (primary N) is 2. The van der Waals surface area contributed by atoms with Crippen LogP contribution in [0.3, 0.4) is 0 Å². The first-order chi connectivity index (χ1) is 9.82. The van der Waals surface area contributed by atoms with E-state index in [9.17, 15) is 8.42 Å². The summed E-state index contributed by atoms with van der Waals surface area (Å²) in [5, 5.41) is 5.17. The van der Waals surface area contributed by atoms with Crippen molar-refractivity contribution in [2.24, 2.45) is 5.14 Å². The van der Waals surface area contributed by atoms with Crippen LogP contribution in [0.2, 0.25) is 0 Å². The van der Waals surface area contributed by atoms with E-state index in [2.05, 4.69) is 6.92 Å². The topological polar surface area (TPSA) is 89.4 Å². The quantitative estimate of drug-likeness (QED) is 0.848. The van der Waals surface area contributed by atoms with Crippen LogP contribution in [0.15, 0.2) is 47.4 Å². The Bertz CT molecular complexity index is 740. The van der Waals surface area contributed by atoms with Gasteiger partial charge in [-0.2, -0.15) is 0 Å². The molecule has 2 aromatic carbocycles. The van der Waals surface area contributed by atoms with Crippen molar-refractivity contribution in [1.82, 2.24) is 0 Å². The number of primary sulfonamides is 1. The Hall–Kier alpha value is -2.05. The zero-order chi connectivity index (χ0) is 15.6. The molecule has 0 fully saturated rings. The lowest BCUT2D eigenvalue weighted by molar-refractivity contribution is 0.598. The van der Waals surface area contributed by atoms with Crippen LogP contribution in [0.1, 0.15) is 12.5 Å². The van der Waals surface area contributed by atoms with Crippen molar-refractivity contribution in [1.29, 1.82) is 0 Å². The standard InChI is InChI=1S/C15H19N3O2S/c1-3-11-4-6-12(7-5-11)18(2)15-10-13(21(17,19)20)8-9-14(15)16/h4-10H,3,16H2,1-2H3,(H2,17,19,20). The van der Waals surface area contributed by atoms with Crippen LogP contribution in [0.5, 0.6) is 0 Å². The third kappa shape index (κ3) is 3.34. The van der Waals surface area contributed by atoms with Gasteiger partial charge in [0.15, 0.2) is 0 Å². The van der Waals surface area contributed by atoms with E-state index in [1.807, 2.05) is 36.2 Å². The van der Waals surface area contributed by atoms with Crippen molar-refractivity contribution in [2.75, 3.05) is 17.7 Å². The van der Waals surface area contributed by atoms with Gasteiger partial charge in [0.25, 0.3) is 0 Å². The second kappa shape index (κ2) is 5.75. The lowest BCUT2D eigenvalue weighted by atomic mass is 10.1. The molecule has 0 bridgehead atoms. The minimum Gasteiger partial charge on any atom is -0.397 e. The normalized spacial score (nSPS) is 11.4. The van der Waals surface area contributed by atoms with E-state index in [1.165, 1.54) is 17.7 Å². The van der Waals surface area contributed by atoms with E-state index in [-0.39, 0.29) is 4.90 Å². The summed E-state index contributed by atoms with van der Waals surface area (Å²) in [6.45, 7) is 2.09. The van der Waals surface area contributed by atoms with Crippen molar-refractivity contribution in [3.8, 4) is 0 Å². The summed E-state index contributed by atoms with van der Waals surface area (Å²) in [6.07, 6.45) is 0.965. The summed E-state index contributed by atoms with van der Waals surface area (Å²) in [4.78, 5) is 1.88. The molecule has 112 valence electrons.